The SMILES string of the molecule is O=C(O)c1cc(Br)ccc1NC(=O)c1onc2cc(Cl)ccc12. The van der Waals surface area contributed by atoms with Crippen LogP contribution in [0.4, 0.5) is 5.69 Å². The first kappa shape index (κ1) is 15.5. The van der Waals surface area contributed by atoms with Gasteiger partial charge in [0, 0.05) is 9.50 Å². The normalized spacial score (nSPS) is 10.7. The Labute approximate surface area is 143 Å². The maximum atomic E-state index is 12.4. The molecule has 0 atom stereocenters. The van der Waals surface area contributed by atoms with Crippen LogP contribution in [0.2, 0.25) is 5.02 Å². The molecule has 23 heavy (non-hydrogen) atoms. The number of nitrogens with one attached hydrogen (secondary N) is 1. The standard InChI is InChI=1S/C15H8BrClN2O4/c16-7-1-4-11(10(5-7)15(21)22)18-14(20)13-9-3-2-8(17)6-12(9)19-23-13/h1-6H,(H,18,20)(H,21,22). The second-order valence-corrected chi connectivity index (χ2v) is 5.97. The maximum absolute atomic E-state index is 12.4. The zero-order chi connectivity index (χ0) is 16.6. The van der Waals surface area contributed by atoms with Crippen LogP contribution in [-0.2, 0) is 0 Å². The number of carbonyl (C=O) groups is 2. The lowest BCUT2D eigenvalue weighted by Crippen LogP contribution is -2.14. The number of anilines is 1. The van der Waals surface area contributed by atoms with Crippen molar-refractivity contribution in [1.82, 2.24) is 5.16 Å². The van der Waals surface area contributed by atoms with E-state index < -0.39 is 11.9 Å². The smallest absolute Gasteiger partial charge is 0.337 e. The molecule has 0 saturated heterocycles. The van der Waals surface area contributed by atoms with E-state index in [2.05, 4.69) is 26.4 Å². The van der Waals surface area contributed by atoms with Crippen molar-refractivity contribution in [3.05, 3.63) is 57.2 Å². The minimum absolute atomic E-state index is 0.0177. The molecule has 8 heteroatoms. The zero-order valence-electron chi connectivity index (χ0n) is 11.3. The predicted molar refractivity (Wildman–Crippen MR) is 88.1 cm³/mol. The Kier molecular flexibility index (Phi) is 4.06. The van der Waals surface area contributed by atoms with Crippen LogP contribution in [-0.4, -0.2) is 22.1 Å². The summed E-state index contributed by atoms with van der Waals surface area (Å²) in [7, 11) is 0. The van der Waals surface area contributed by atoms with Gasteiger partial charge in [-0.25, -0.2) is 4.79 Å². The Balaban J connectivity index is 1.97. The highest BCUT2D eigenvalue weighted by atomic mass is 79.9. The van der Waals surface area contributed by atoms with Gasteiger partial charge in [-0.15, -0.1) is 0 Å². The van der Waals surface area contributed by atoms with Gasteiger partial charge in [0.25, 0.3) is 5.91 Å². The number of hydrogen-bond acceptors (Lipinski definition) is 4. The van der Waals surface area contributed by atoms with E-state index in [1.54, 1.807) is 24.3 Å². The molecule has 0 radical (unpaired) electrons. The predicted octanol–water partition coefficient (Wildman–Crippen LogP) is 4.19. The molecule has 0 aliphatic rings. The average Bonchev–Trinajstić information content (AvgIpc) is 2.91. The molecule has 1 heterocycles. The third kappa shape index (κ3) is 3.06. The van der Waals surface area contributed by atoms with Crippen molar-refractivity contribution < 1.29 is 19.2 Å². The van der Waals surface area contributed by atoms with E-state index >= 15 is 0 Å². The number of carboxylic acid groups (broad SMARTS) is 1. The summed E-state index contributed by atoms with van der Waals surface area (Å²) in [6.45, 7) is 0. The Morgan fingerprint density at radius 2 is 2.00 bits per heavy atom. The van der Waals surface area contributed by atoms with E-state index in [1.165, 1.54) is 12.1 Å². The first-order valence-electron chi connectivity index (χ1n) is 6.35. The van der Waals surface area contributed by atoms with Crippen molar-refractivity contribution in [3.63, 3.8) is 0 Å². The lowest BCUT2D eigenvalue weighted by molar-refractivity contribution is 0.0698. The van der Waals surface area contributed by atoms with Crippen LogP contribution in [0.3, 0.4) is 0 Å². The summed E-state index contributed by atoms with van der Waals surface area (Å²) in [5, 5.41) is 16.5. The lowest BCUT2D eigenvalue weighted by Gasteiger charge is -2.07. The maximum Gasteiger partial charge on any atom is 0.337 e. The van der Waals surface area contributed by atoms with E-state index in [4.69, 9.17) is 16.1 Å². The monoisotopic (exact) mass is 394 g/mol. The van der Waals surface area contributed by atoms with Crippen molar-refractivity contribution in [1.29, 1.82) is 0 Å². The number of aromatic nitrogens is 1. The highest BCUT2D eigenvalue weighted by Crippen LogP contribution is 2.25. The molecule has 0 aliphatic carbocycles. The largest absolute Gasteiger partial charge is 0.478 e. The molecular formula is C15H8BrClN2O4. The Hall–Kier alpha value is -2.38. The van der Waals surface area contributed by atoms with E-state index in [1.807, 2.05) is 0 Å². The molecule has 3 rings (SSSR count). The molecule has 1 aromatic heterocycles. The van der Waals surface area contributed by atoms with Crippen LogP contribution in [0.1, 0.15) is 20.9 Å². The summed E-state index contributed by atoms with van der Waals surface area (Å²) in [5.74, 6) is -1.77. The van der Waals surface area contributed by atoms with Crippen molar-refractivity contribution >= 4 is 56.0 Å². The van der Waals surface area contributed by atoms with Crippen LogP contribution in [0.25, 0.3) is 10.9 Å². The minimum atomic E-state index is -1.16. The van der Waals surface area contributed by atoms with E-state index in [-0.39, 0.29) is 17.0 Å². The number of rotatable bonds is 3. The van der Waals surface area contributed by atoms with E-state index in [9.17, 15) is 14.7 Å². The van der Waals surface area contributed by atoms with Crippen molar-refractivity contribution in [2.75, 3.05) is 5.32 Å². The summed E-state index contributed by atoms with van der Waals surface area (Å²) in [6, 6.07) is 9.31. The molecule has 2 N–H and O–H groups in total. The van der Waals surface area contributed by atoms with Gasteiger partial charge in [-0.1, -0.05) is 32.7 Å². The van der Waals surface area contributed by atoms with Crippen LogP contribution >= 0.6 is 27.5 Å². The van der Waals surface area contributed by atoms with E-state index in [0.717, 1.165) is 0 Å². The third-order valence-corrected chi connectivity index (χ3v) is 3.83. The minimum Gasteiger partial charge on any atom is -0.478 e. The molecule has 0 fully saturated rings. The fourth-order valence-electron chi connectivity index (χ4n) is 2.06. The van der Waals surface area contributed by atoms with Gasteiger partial charge < -0.3 is 14.9 Å². The fourth-order valence-corrected chi connectivity index (χ4v) is 2.59. The number of hydrogen-bond donors (Lipinski definition) is 2. The van der Waals surface area contributed by atoms with Crippen molar-refractivity contribution in [2.45, 2.75) is 0 Å². The summed E-state index contributed by atoms with van der Waals surface area (Å²) in [5.41, 5.74) is 0.556. The number of amides is 1. The fraction of sp³-hybridized carbons (Fsp3) is 0. The first-order chi connectivity index (χ1) is 11.0. The van der Waals surface area contributed by atoms with Crippen LogP contribution in [0, 0.1) is 0 Å². The second-order valence-electron chi connectivity index (χ2n) is 4.62. The van der Waals surface area contributed by atoms with Crippen LogP contribution in [0.5, 0.6) is 0 Å². The number of carboxylic acids is 1. The van der Waals surface area contributed by atoms with Gasteiger partial charge >= 0.3 is 5.97 Å². The number of carbonyl (C=O) groups excluding carboxylic acids is 1. The molecule has 0 spiro atoms. The Bertz CT molecular complexity index is 938. The van der Waals surface area contributed by atoms with Gasteiger partial charge in [0.15, 0.2) is 0 Å². The molecule has 6 nitrogen and oxygen atoms in total. The van der Waals surface area contributed by atoms with Crippen LogP contribution < -0.4 is 5.32 Å². The number of fused-ring (bicyclic) bond motifs is 1. The van der Waals surface area contributed by atoms with Gasteiger partial charge in [0.05, 0.1) is 16.6 Å². The molecule has 0 saturated carbocycles. The van der Waals surface area contributed by atoms with Gasteiger partial charge in [-0.2, -0.15) is 0 Å². The van der Waals surface area contributed by atoms with Gasteiger partial charge in [0.2, 0.25) is 5.76 Å². The Morgan fingerprint density at radius 1 is 1.22 bits per heavy atom. The third-order valence-electron chi connectivity index (χ3n) is 3.11. The van der Waals surface area contributed by atoms with Gasteiger partial charge in [-0.05, 0) is 36.4 Å². The van der Waals surface area contributed by atoms with Gasteiger partial charge in [0.1, 0.15) is 5.52 Å². The zero-order valence-corrected chi connectivity index (χ0v) is 13.7. The highest BCUT2D eigenvalue weighted by Gasteiger charge is 2.19. The molecule has 1 amide bonds. The second kappa shape index (κ2) is 6.02. The quantitative estimate of drug-likeness (QED) is 0.693. The molecule has 0 unspecified atom stereocenters. The number of benzene rings is 2. The molecule has 3 aromatic rings. The molecule has 0 bridgehead atoms. The highest BCUT2D eigenvalue weighted by molar-refractivity contribution is 9.10. The molecule has 2 aromatic carbocycles. The van der Waals surface area contributed by atoms with Crippen molar-refractivity contribution in [3.8, 4) is 0 Å². The number of nitrogens with zero attached hydrogens (tertiary/aromatic N) is 1. The average molecular weight is 396 g/mol. The summed E-state index contributed by atoms with van der Waals surface area (Å²) in [4.78, 5) is 23.6. The lowest BCUT2D eigenvalue weighted by atomic mass is 10.1. The van der Waals surface area contributed by atoms with Gasteiger partial charge in [-0.3, -0.25) is 4.79 Å². The summed E-state index contributed by atoms with van der Waals surface area (Å²) in [6.07, 6.45) is 0. The summed E-state index contributed by atoms with van der Waals surface area (Å²) < 4.78 is 5.64. The van der Waals surface area contributed by atoms with E-state index in [0.29, 0.717) is 20.4 Å². The molecule has 0 aliphatic heterocycles. The van der Waals surface area contributed by atoms with Crippen LogP contribution in [0.15, 0.2) is 45.4 Å². The first-order valence-corrected chi connectivity index (χ1v) is 7.52. The molecular weight excluding hydrogens is 388 g/mol. The Morgan fingerprint density at radius 3 is 2.74 bits per heavy atom. The summed E-state index contributed by atoms with van der Waals surface area (Å²) >= 11 is 9.05. The topological polar surface area (TPSA) is 92.4 Å². The number of aromatic carboxylic acids is 1. The molecule has 116 valence electrons. The van der Waals surface area contributed by atoms with Crippen molar-refractivity contribution in [2.24, 2.45) is 0 Å². The number of halogens is 2.